The van der Waals surface area contributed by atoms with E-state index in [0.717, 1.165) is 46.8 Å². The first-order chi connectivity index (χ1) is 17.9. The molecule has 1 saturated heterocycles. The minimum Gasteiger partial charge on any atom is -0.263 e. The summed E-state index contributed by atoms with van der Waals surface area (Å²) in [6.07, 6.45) is 1.81. The fourth-order valence-electron chi connectivity index (χ4n) is 4.83. The Hall–Kier alpha value is -3.53. The smallest absolute Gasteiger partial charge is 0.252 e. The van der Waals surface area contributed by atoms with E-state index in [1.165, 1.54) is 0 Å². The maximum atomic E-state index is 13.0. The standard InChI is InChI=1S/C27H25ClN6O2S/c1-19-29-30-27-33(18-20-8-14-23(15-9-20)37(35,36)32-16-4-5-17-32)31-26(21-10-12-22(28)13-11-21)24-6-2-3-7-25(24)34(19)27/h2-3,6-15H,4-5,16-18H2,1H3. The fourth-order valence-corrected chi connectivity index (χ4v) is 6.48. The topological polar surface area (TPSA) is 83.7 Å². The molecular weight excluding hydrogens is 508 g/mol. The van der Waals surface area contributed by atoms with E-state index < -0.39 is 10.0 Å². The van der Waals surface area contributed by atoms with E-state index in [1.807, 2.05) is 77.2 Å². The van der Waals surface area contributed by atoms with Crippen molar-refractivity contribution in [2.45, 2.75) is 31.2 Å². The Morgan fingerprint density at radius 3 is 2.32 bits per heavy atom. The highest BCUT2D eigenvalue weighted by Gasteiger charge is 2.28. The van der Waals surface area contributed by atoms with Crippen molar-refractivity contribution in [3.63, 3.8) is 0 Å². The van der Waals surface area contributed by atoms with Crippen LogP contribution in [0, 0.1) is 6.92 Å². The number of aromatic nitrogens is 3. The number of hydrogen-bond donors (Lipinski definition) is 0. The van der Waals surface area contributed by atoms with Crippen molar-refractivity contribution in [2.24, 2.45) is 5.10 Å². The average Bonchev–Trinajstić information content (AvgIpc) is 3.56. The minimum absolute atomic E-state index is 0.311. The van der Waals surface area contributed by atoms with Gasteiger partial charge in [0.25, 0.3) is 5.95 Å². The lowest BCUT2D eigenvalue weighted by Gasteiger charge is -2.19. The van der Waals surface area contributed by atoms with Gasteiger partial charge in [0, 0.05) is 29.2 Å². The van der Waals surface area contributed by atoms with Crippen LogP contribution in [0.25, 0.3) is 5.69 Å². The number of fused-ring (bicyclic) bond motifs is 3. The molecule has 0 radical (unpaired) electrons. The van der Waals surface area contributed by atoms with E-state index in [0.29, 0.717) is 35.5 Å². The van der Waals surface area contributed by atoms with Crippen molar-refractivity contribution in [1.82, 2.24) is 19.1 Å². The summed E-state index contributed by atoms with van der Waals surface area (Å²) < 4.78 is 29.5. The van der Waals surface area contributed by atoms with E-state index in [1.54, 1.807) is 16.4 Å². The molecule has 0 bridgehead atoms. The van der Waals surface area contributed by atoms with Crippen molar-refractivity contribution < 1.29 is 8.42 Å². The first kappa shape index (κ1) is 23.8. The monoisotopic (exact) mass is 532 g/mol. The predicted octanol–water partition coefficient (Wildman–Crippen LogP) is 4.79. The van der Waals surface area contributed by atoms with Crippen molar-refractivity contribution in [3.05, 3.63) is 100 Å². The maximum absolute atomic E-state index is 13.0. The molecule has 0 amide bonds. The lowest BCUT2D eigenvalue weighted by molar-refractivity contribution is 0.477. The molecule has 6 rings (SSSR count). The second-order valence-electron chi connectivity index (χ2n) is 9.17. The minimum atomic E-state index is -3.47. The number of aryl methyl sites for hydroxylation is 1. The normalized spacial score (nSPS) is 15.7. The van der Waals surface area contributed by atoms with Gasteiger partial charge >= 0.3 is 0 Å². The van der Waals surface area contributed by atoms with Gasteiger partial charge in [0.15, 0.2) is 0 Å². The first-order valence-corrected chi connectivity index (χ1v) is 14.0. The van der Waals surface area contributed by atoms with Crippen LogP contribution < -0.4 is 5.01 Å². The molecule has 10 heteroatoms. The van der Waals surface area contributed by atoms with Crippen LogP contribution >= 0.6 is 11.6 Å². The number of benzene rings is 3. The highest BCUT2D eigenvalue weighted by atomic mass is 35.5. The molecule has 2 aliphatic rings. The van der Waals surface area contributed by atoms with Gasteiger partial charge in [-0.05, 0) is 55.7 Å². The maximum Gasteiger partial charge on any atom is 0.252 e. The third-order valence-corrected chi connectivity index (χ3v) is 8.90. The van der Waals surface area contributed by atoms with Crippen LogP contribution in [0.2, 0.25) is 5.02 Å². The molecule has 1 aromatic heterocycles. The lowest BCUT2D eigenvalue weighted by Crippen LogP contribution is -2.27. The number of sulfonamides is 1. The Morgan fingerprint density at radius 1 is 0.892 bits per heavy atom. The largest absolute Gasteiger partial charge is 0.263 e. The molecule has 3 heterocycles. The molecule has 0 atom stereocenters. The SMILES string of the molecule is Cc1nnc2n1-c1ccccc1C(c1ccc(Cl)cc1)=NN2Cc1ccc(S(=O)(=O)N2CCCC2)cc1. The lowest BCUT2D eigenvalue weighted by atomic mass is 10.0. The Labute approximate surface area is 220 Å². The zero-order valence-electron chi connectivity index (χ0n) is 20.2. The summed E-state index contributed by atoms with van der Waals surface area (Å²) in [5.41, 5.74) is 4.49. The van der Waals surface area contributed by atoms with Gasteiger partial charge < -0.3 is 0 Å². The van der Waals surface area contributed by atoms with Crippen LogP contribution in [0.5, 0.6) is 0 Å². The number of halogens is 1. The summed E-state index contributed by atoms with van der Waals surface area (Å²) in [6, 6.07) is 22.7. The van der Waals surface area contributed by atoms with Gasteiger partial charge in [0.1, 0.15) is 11.5 Å². The van der Waals surface area contributed by atoms with Gasteiger partial charge in [-0.25, -0.2) is 13.4 Å². The Morgan fingerprint density at radius 2 is 1.59 bits per heavy atom. The van der Waals surface area contributed by atoms with Gasteiger partial charge in [0.05, 0.1) is 17.1 Å². The molecule has 0 N–H and O–H groups in total. The number of hydrazone groups is 1. The summed E-state index contributed by atoms with van der Waals surface area (Å²) >= 11 is 6.16. The predicted molar refractivity (Wildman–Crippen MR) is 144 cm³/mol. The molecule has 3 aromatic carbocycles. The van der Waals surface area contributed by atoms with E-state index in [-0.39, 0.29) is 0 Å². The third kappa shape index (κ3) is 4.33. The van der Waals surface area contributed by atoms with Gasteiger partial charge in [-0.1, -0.05) is 54.1 Å². The van der Waals surface area contributed by atoms with Crippen LogP contribution in [0.15, 0.2) is 82.8 Å². The van der Waals surface area contributed by atoms with Gasteiger partial charge in [0.2, 0.25) is 10.0 Å². The quantitative estimate of drug-likeness (QED) is 0.369. The molecular formula is C27H25ClN6O2S. The molecule has 188 valence electrons. The fraction of sp³-hybridized carbons (Fsp3) is 0.222. The molecule has 0 spiro atoms. The van der Waals surface area contributed by atoms with E-state index >= 15 is 0 Å². The van der Waals surface area contributed by atoms with Crippen LogP contribution in [0.4, 0.5) is 5.95 Å². The van der Waals surface area contributed by atoms with Crippen molar-refractivity contribution in [1.29, 1.82) is 0 Å². The van der Waals surface area contributed by atoms with E-state index in [4.69, 9.17) is 16.7 Å². The third-order valence-electron chi connectivity index (χ3n) is 6.74. The molecule has 4 aromatic rings. The van der Waals surface area contributed by atoms with E-state index in [9.17, 15) is 8.42 Å². The van der Waals surface area contributed by atoms with Crippen LogP contribution in [0.3, 0.4) is 0 Å². The second kappa shape index (κ2) is 9.41. The Bertz CT molecular complexity index is 1590. The van der Waals surface area contributed by atoms with Crippen molar-refractivity contribution >= 4 is 33.3 Å². The van der Waals surface area contributed by atoms with Gasteiger partial charge in [-0.3, -0.25) is 4.57 Å². The zero-order chi connectivity index (χ0) is 25.6. The van der Waals surface area contributed by atoms with Crippen LogP contribution in [0.1, 0.15) is 35.4 Å². The Kier molecular flexibility index (Phi) is 6.06. The van der Waals surface area contributed by atoms with Crippen molar-refractivity contribution in [3.8, 4) is 5.69 Å². The molecule has 0 unspecified atom stereocenters. The summed E-state index contributed by atoms with van der Waals surface area (Å²) in [5.74, 6) is 1.33. The molecule has 0 aliphatic carbocycles. The highest BCUT2D eigenvalue weighted by molar-refractivity contribution is 7.89. The highest BCUT2D eigenvalue weighted by Crippen LogP contribution is 2.31. The summed E-state index contributed by atoms with van der Waals surface area (Å²) in [6.45, 7) is 3.45. The van der Waals surface area contributed by atoms with Gasteiger partial charge in [-0.15, -0.1) is 10.2 Å². The molecule has 8 nitrogen and oxygen atoms in total. The van der Waals surface area contributed by atoms with Crippen molar-refractivity contribution in [2.75, 3.05) is 18.1 Å². The molecule has 0 saturated carbocycles. The summed E-state index contributed by atoms with van der Waals surface area (Å²) in [5, 5.41) is 16.3. The number of rotatable bonds is 5. The summed E-state index contributed by atoms with van der Waals surface area (Å²) in [7, 11) is -3.47. The molecule has 37 heavy (non-hydrogen) atoms. The number of hydrogen-bond acceptors (Lipinski definition) is 6. The number of para-hydroxylation sites is 1. The van der Waals surface area contributed by atoms with Crippen LogP contribution in [-0.4, -0.2) is 46.3 Å². The average molecular weight is 533 g/mol. The summed E-state index contributed by atoms with van der Waals surface area (Å²) in [4.78, 5) is 0.311. The number of anilines is 1. The van der Waals surface area contributed by atoms with Gasteiger partial charge in [-0.2, -0.15) is 9.41 Å². The van der Waals surface area contributed by atoms with E-state index in [2.05, 4.69) is 10.2 Å². The Balaban J connectivity index is 1.41. The zero-order valence-corrected chi connectivity index (χ0v) is 21.8. The molecule has 2 aliphatic heterocycles. The van der Waals surface area contributed by atoms with Crippen LogP contribution in [-0.2, 0) is 16.6 Å². The second-order valence-corrected chi connectivity index (χ2v) is 11.5. The molecule has 1 fully saturated rings. The first-order valence-electron chi connectivity index (χ1n) is 12.1. The number of nitrogens with zero attached hydrogens (tertiary/aromatic N) is 6.